The topological polar surface area (TPSA) is 44.0 Å². The van der Waals surface area contributed by atoms with Gasteiger partial charge in [-0.2, -0.15) is 18.4 Å². The van der Waals surface area contributed by atoms with E-state index in [1.165, 1.54) is 6.07 Å². The highest BCUT2D eigenvalue weighted by Crippen LogP contribution is 2.33. The van der Waals surface area contributed by atoms with Crippen LogP contribution in [0.3, 0.4) is 0 Å². The van der Waals surface area contributed by atoms with Gasteiger partial charge in [0.05, 0.1) is 17.2 Å². The molecule has 0 atom stereocenters. The van der Waals surface area contributed by atoms with Crippen LogP contribution in [0.4, 0.5) is 13.2 Å². The Morgan fingerprint density at radius 3 is 2.38 bits per heavy atom. The molecule has 0 unspecified atom stereocenters. The summed E-state index contributed by atoms with van der Waals surface area (Å²) in [5, 5.41) is 17.1. The molecule has 0 saturated heterocycles. The molecule has 2 nitrogen and oxygen atoms in total. The lowest BCUT2D eigenvalue weighted by molar-refractivity contribution is -0.137. The molecular formula is C8H4F3NO. The number of phenols is 1. The first-order valence-corrected chi connectivity index (χ1v) is 3.25. The minimum absolute atomic E-state index is 0.495. The van der Waals surface area contributed by atoms with E-state index >= 15 is 0 Å². The summed E-state index contributed by atoms with van der Waals surface area (Å²) >= 11 is 0. The predicted octanol–water partition coefficient (Wildman–Crippen LogP) is 2.28. The van der Waals surface area contributed by atoms with Crippen LogP contribution in [0.25, 0.3) is 0 Å². The maximum Gasteiger partial charge on any atom is 0.417 e. The number of phenolic OH excluding ortho intramolecular Hbond substituents is 1. The number of halogens is 3. The molecule has 0 aliphatic carbocycles. The molecule has 1 aromatic carbocycles. The molecule has 13 heavy (non-hydrogen) atoms. The van der Waals surface area contributed by atoms with Gasteiger partial charge in [0.25, 0.3) is 0 Å². The minimum atomic E-state index is -4.61. The van der Waals surface area contributed by atoms with E-state index in [4.69, 9.17) is 10.4 Å². The molecule has 1 rings (SSSR count). The zero-order valence-electron chi connectivity index (χ0n) is 6.26. The summed E-state index contributed by atoms with van der Waals surface area (Å²) in [6.45, 7) is 0. The number of rotatable bonds is 0. The van der Waals surface area contributed by atoms with Crippen LogP contribution in [0.5, 0.6) is 5.75 Å². The minimum Gasteiger partial charge on any atom is -0.508 e. The Bertz CT molecular complexity index is 365. The zero-order valence-corrected chi connectivity index (χ0v) is 6.26. The van der Waals surface area contributed by atoms with Crippen molar-refractivity contribution in [2.75, 3.05) is 0 Å². The van der Waals surface area contributed by atoms with Gasteiger partial charge in [-0.05, 0) is 18.2 Å². The van der Waals surface area contributed by atoms with Crippen LogP contribution >= 0.6 is 0 Å². The highest BCUT2D eigenvalue weighted by atomic mass is 19.4. The van der Waals surface area contributed by atoms with E-state index in [-0.39, 0.29) is 0 Å². The summed E-state index contributed by atoms with van der Waals surface area (Å²) in [6, 6.07) is 3.89. The van der Waals surface area contributed by atoms with E-state index < -0.39 is 23.1 Å². The summed E-state index contributed by atoms with van der Waals surface area (Å²) in [5.74, 6) is -0.508. The van der Waals surface area contributed by atoms with Crippen LogP contribution in [0.1, 0.15) is 11.1 Å². The molecule has 1 N–H and O–H groups in total. The maximum absolute atomic E-state index is 12.2. The second kappa shape index (κ2) is 2.98. The standard InChI is InChI=1S/C8H4F3NO/c9-8(10,11)7-3-6(13)2-1-5(7)4-12/h1-3,13H. The Balaban J connectivity index is 3.35. The van der Waals surface area contributed by atoms with E-state index in [9.17, 15) is 13.2 Å². The van der Waals surface area contributed by atoms with E-state index in [1.54, 1.807) is 0 Å². The molecule has 0 fully saturated rings. The third kappa shape index (κ3) is 1.90. The Hall–Kier alpha value is -1.70. The van der Waals surface area contributed by atoms with Crippen LogP contribution in [0.2, 0.25) is 0 Å². The Kier molecular flexibility index (Phi) is 2.15. The SMILES string of the molecule is N#Cc1ccc(O)cc1C(F)(F)F. The molecular weight excluding hydrogens is 183 g/mol. The Morgan fingerprint density at radius 2 is 1.92 bits per heavy atom. The second-order valence-corrected chi connectivity index (χ2v) is 2.34. The van der Waals surface area contributed by atoms with Gasteiger partial charge in [0.2, 0.25) is 0 Å². The van der Waals surface area contributed by atoms with Gasteiger partial charge in [0.15, 0.2) is 0 Å². The summed E-state index contributed by atoms with van der Waals surface area (Å²) < 4.78 is 36.5. The van der Waals surface area contributed by atoms with Crippen LogP contribution in [-0.4, -0.2) is 5.11 Å². The van der Waals surface area contributed by atoms with Crippen LogP contribution in [0, 0.1) is 11.3 Å². The highest BCUT2D eigenvalue weighted by molar-refractivity contribution is 5.43. The average Bonchev–Trinajstić information content (AvgIpc) is 2.03. The number of hydrogen-bond acceptors (Lipinski definition) is 2. The van der Waals surface area contributed by atoms with E-state index in [0.717, 1.165) is 12.1 Å². The molecule has 1 aromatic rings. The molecule has 0 aromatic heterocycles. The summed E-state index contributed by atoms with van der Waals surface area (Å²) in [6.07, 6.45) is -4.61. The van der Waals surface area contributed by atoms with Gasteiger partial charge >= 0.3 is 6.18 Å². The van der Waals surface area contributed by atoms with Crippen molar-refractivity contribution in [2.45, 2.75) is 6.18 Å². The van der Waals surface area contributed by atoms with Gasteiger partial charge in [-0.15, -0.1) is 0 Å². The fourth-order valence-corrected chi connectivity index (χ4v) is 0.864. The lowest BCUT2D eigenvalue weighted by Crippen LogP contribution is -2.07. The van der Waals surface area contributed by atoms with Gasteiger partial charge in [0.1, 0.15) is 5.75 Å². The van der Waals surface area contributed by atoms with E-state index in [2.05, 4.69) is 0 Å². The van der Waals surface area contributed by atoms with E-state index in [1.807, 2.05) is 0 Å². The lowest BCUT2D eigenvalue weighted by atomic mass is 10.1. The first kappa shape index (κ1) is 9.39. The van der Waals surface area contributed by atoms with Crippen molar-refractivity contribution in [3.63, 3.8) is 0 Å². The number of alkyl halides is 3. The molecule has 0 aliphatic rings. The number of benzene rings is 1. The molecule has 68 valence electrons. The molecule has 0 spiro atoms. The van der Waals surface area contributed by atoms with Gasteiger partial charge < -0.3 is 5.11 Å². The van der Waals surface area contributed by atoms with Crippen LogP contribution in [-0.2, 0) is 6.18 Å². The maximum atomic E-state index is 12.2. The largest absolute Gasteiger partial charge is 0.508 e. The molecule has 0 heterocycles. The van der Waals surface area contributed by atoms with Crippen LogP contribution in [0.15, 0.2) is 18.2 Å². The fraction of sp³-hybridized carbons (Fsp3) is 0.125. The summed E-state index contributed by atoms with van der Waals surface area (Å²) in [5.41, 5.74) is -1.61. The second-order valence-electron chi connectivity index (χ2n) is 2.34. The van der Waals surface area contributed by atoms with E-state index in [0.29, 0.717) is 6.07 Å². The number of hydrogen-bond donors (Lipinski definition) is 1. The smallest absolute Gasteiger partial charge is 0.417 e. The number of aromatic hydroxyl groups is 1. The molecule has 5 heteroatoms. The third-order valence-corrected chi connectivity index (χ3v) is 1.43. The Morgan fingerprint density at radius 1 is 1.31 bits per heavy atom. The quantitative estimate of drug-likeness (QED) is 0.677. The molecule has 0 saturated carbocycles. The zero-order chi connectivity index (χ0) is 10.1. The third-order valence-electron chi connectivity index (χ3n) is 1.43. The summed E-state index contributed by atoms with van der Waals surface area (Å²) in [4.78, 5) is 0. The average molecular weight is 187 g/mol. The normalized spacial score (nSPS) is 10.9. The van der Waals surface area contributed by atoms with Crippen molar-refractivity contribution in [2.24, 2.45) is 0 Å². The highest BCUT2D eigenvalue weighted by Gasteiger charge is 2.33. The lowest BCUT2D eigenvalue weighted by Gasteiger charge is -2.08. The van der Waals surface area contributed by atoms with Crippen molar-refractivity contribution in [1.82, 2.24) is 0 Å². The van der Waals surface area contributed by atoms with Gasteiger partial charge in [-0.3, -0.25) is 0 Å². The van der Waals surface area contributed by atoms with Gasteiger partial charge in [-0.25, -0.2) is 0 Å². The molecule has 0 bridgehead atoms. The fourth-order valence-electron chi connectivity index (χ4n) is 0.864. The van der Waals surface area contributed by atoms with Crippen molar-refractivity contribution in [3.8, 4) is 11.8 Å². The molecule has 0 aliphatic heterocycles. The summed E-state index contributed by atoms with van der Waals surface area (Å²) in [7, 11) is 0. The molecule has 0 amide bonds. The van der Waals surface area contributed by atoms with Crippen LogP contribution < -0.4 is 0 Å². The number of nitriles is 1. The first-order chi connectivity index (χ1) is 5.95. The van der Waals surface area contributed by atoms with Crippen molar-refractivity contribution < 1.29 is 18.3 Å². The van der Waals surface area contributed by atoms with Crippen molar-refractivity contribution in [3.05, 3.63) is 29.3 Å². The van der Waals surface area contributed by atoms with Crippen molar-refractivity contribution >= 4 is 0 Å². The number of nitrogens with zero attached hydrogens (tertiary/aromatic N) is 1. The van der Waals surface area contributed by atoms with Gasteiger partial charge in [-0.1, -0.05) is 0 Å². The first-order valence-electron chi connectivity index (χ1n) is 3.25. The Labute approximate surface area is 71.8 Å². The van der Waals surface area contributed by atoms with Gasteiger partial charge in [0, 0.05) is 0 Å². The van der Waals surface area contributed by atoms with Crippen molar-refractivity contribution in [1.29, 1.82) is 5.26 Å². The predicted molar refractivity (Wildman–Crippen MR) is 37.8 cm³/mol. The monoisotopic (exact) mass is 187 g/mol. The molecule has 0 radical (unpaired) electrons.